The standard InChI is InChI=1S/C8H8N2O/c11-5-6-3-8-7(10-4-6)1-2-9-8/h1-4,9,11H,5H2. The number of aromatic nitrogens is 2. The lowest BCUT2D eigenvalue weighted by molar-refractivity contribution is 0.281. The van der Waals surface area contributed by atoms with Gasteiger partial charge in [-0.2, -0.15) is 0 Å². The van der Waals surface area contributed by atoms with Crippen LogP contribution in [0.2, 0.25) is 0 Å². The molecule has 2 rings (SSSR count). The van der Waals surface area contributed by atoms with Gasteiger partial charge in [-0.3, -0.25) is 4.98 Å². The molecule has 0 atom stereocenters. The van der Waals surface area contributed by atoms with Gasteiger partial charge < -0.3 is 10.1 Å². The molecule has 0 amide bonds. The van der Waals surface area contributed by atoms with E-state index in [1.807, 2.05) is 18.3 Å². The summed E-state index contributed by atoms with van der Waals surface area (Å²) < 4.78 is 0. The van der Waals surface area contributed by atoms with E-state index in [0.717, 1.165) is 16.6 Å². The first-order chi connectivity index (χ1) is 5.40. The molecule has 0 unspecified atom stereocenters. The molecule has 3 heteroatoms. The van der Waals surface area contributed by atoms with Crippen LogP contribution < -0.4 is 0 Å². The van der Waals surface area contributed by atoms with Gasteiger partial charge in [-0.1, -0.05) is 0 Å². The number of aliphatic hydroxyl groups is 1. The molecule has 2 aromatic heterocycles. The summed E-state index contributed by atoms with van der Waals surface area (Å²) in [5.41, 5.74) is 2.73. The number of fused-ring (bicyclic) bond motifs is 1. The van der Waals surface area contributed by atoms with E-state index < -0.39 is 0 Å². The lowest BCUT2D eigenvalue weighted by Crippen LogP contribution is -1.84. The molecule has 0 aliphatic rings. The number of rotatable bonds is 1. The van der Waals surface area contributed by atoms with E-state index in [2.05, 4.69) is 9.97 Å². The predicted molar refractivity (Wildman–Crippen MR) is 42.0 cm³/mol. The van der Waals surface area contributed by atoms with E-state index in [1.54, 1.807) is 6.20 Å². The van der Waals surface area contributed by atoms with Gasteiger partial charge in [0.25, 0.3) is 0 Å². The third-order valence-corrected chi connectivity index (χ3v) is 1.64. The normalized spacial score (nSPS) is 10.6. The van der Waals surface area contributed by atoms with E-state index in [0.29, 0.717) is 0 Å². The average Bonchev–Trinajstić information content (AvgIpc) is 2.50. The second-order valence-electron chi connectivity index (χ2n) is 2.41. The summed E-state index contributed by atoms with van der Waals surface area (Å²) in [6.07, 6.45) is 3.51. The molecule has 0 saturated carbocycles. The second-order valence-corrected chi connectivity index (χ2v) is 2.41. The maximum atomic E-state index is 8.78. The fourth-order valence-corrected chi connectivity index (χ4v) is 1.06. The largest absolute Gasteiger partial charge is 0.392 e. The Morgan fingerprint density at radius 3 is 3.27 bits per heavy atom. The van der Waals surface area contributed by atoms with Gasteiger partial charge in [0.15, 0.2) is 0 Å². The summed E-state index contributed by atoms with van der Waals surface area (Å²) in [6.45, 7) is 0.0436. The van der Waals surface area contributed by atoms with Crippen LogP contribution in [0.25, 0.3) is 11.0 Å². The van der Waals surface area contributed by atoms with Crippen molar-refractivity contribution in [2.24, 2.45) is 0 Å². The Bertz CT molecular complexity index is 367. The first-order valence-electron chi connectivity index (χ1n) is 3.43. The Morgan fingerprint density at radius 2 is 2.45 bits per heavy atom. The number of H-pyrrole nitrogens is 1. The smallest absolute Gasteiger partial charge is 0.0878 e. The molecular formula is C8H8N2O. The molecule has 0 aromatic carbocycles. The van der Waals surface area contributed by atoms with Crippen molar-refractivity contribution >= 4 is 11.0 Å². The predicted octanol–water partition coefficient (Wildman–Crippen LogP) is 1.06. The molecular weight excluding hydrogens is 140 g/mol. The summed E-state index contributed by atoms with van der Waals surface area (Å²) in [4.78, 5) is 7.14. The Kier molecular flexibility index (Phi) is 1.36. The van der Waals surface area contributed by atoms with Crippen LogP contribution in [0.4, 0.5) is 0 Å². The van der Waals surface area contributed by atoms with E-state index in [-0.39, 0.29) is 6.61 Å². The summed E-state index contributed by atoms with van der Waals surface area (Å²) in [5.74, 6) is 0. The summed E-state index contributed by atoms with van der Waals surface area (Å²) >= 11 is 0. The van der Waals surface area contributed by atoms with Crippen molar-refractivity contribution < 1.29 is 5.11 Å². The number of hydrogen-bond acceptors (Lipinski definition) is 2. The maximum Gasteiger partial charge on any atom is 0.0878 e. The van der Waals surface area contributed by atoms with Crippen molar-refractivity contribution in [1.82, 2.24) is 9.97 Å². The molecule has 0 aliphatic heterocycles. The van der Waals surface area contributed by atoms with Gasteiger partial charge in [-0.15, -0.1) is 0 Å². The Morgan fingerprint density at radius 1 is 1.55 bits per heavy atom. The first-order valence-corrected chi connectivity index (χ1v) is 3.43. The van der Waals surface area contributed by atoms with Crippen molar-refractivity contribution in [3.63, 3.8) is 0 Å². The molecule has 3 nitrogen and oxygen atoms in total. The highest BCUT2D eigenvalue weighted by atomic mass is 16.3. The van der Waals surface area contributed by atoms with Gasteiger partial charge in [0, 0.05) is 12.4 Å². The second kappa shape index (κ2) is 2.36. The maximum absolute atomic E-state index is 8.78. The highest BCUT2D eigenvalue weighted by Crippen LogP contribution is 2.10. The monoisotopic (exact) mass is 148 g/mol. The molecule has 0 saturated heterocycles. The molecule has 56 valence electrons. The van der Waals surface area contributed by atoms with Crippen molar-refractivity contribution in [1.29, 1.82) is 0 Å². The zero-order valence-electron chi connectivity index (χ0n) is 5.91. The molecule has 0 radical (unpaired) electrons. The minimum absolute atomic E-state index is 0.0436. The van der Waals surface area contributed by atoms with Gasteiger partial charge in [-0.05, 0) is 17.7 Å². The summed E-state index contributed by atoms with van der Waals surface area (Å²) in [5, 5.41) is 8.78. The Balaban J connectivity index is 2.67. The van der Waals surface area contributed by atoms with Crippen LogP contribution >= 0.6 is 0 Å². The van der Waals surface area contributed by atoms with Crippen LogP contribution in [0.5, 0.6) is 0 Å². The zero-order valence-corrected chi connectivity index (χ0v) is 5.91. The van der Waals surface area contributed by atoms with Crippen molar-refractivity contribution in [2.75, 3.05) is 0 Å². The van der Waals surface area contributed by atoms with E-state index in [9.17, 15) is 0 Å². The summed E-state index contributed by atoms with van der Waals surface area (Å²) in [7, 11) is 0. The third kappa shape index (κ3) is 0.991. The molecule has 2 N–H and O–H groups in total. The summed E-state index contributed by atoms with van der Waals surface area (Å²) in [6, 6.07) is 3.79. The van der Waals surface area contributed by atoms with Crippen molar-refractivity contribution in [3.05, 3.63) is 30.1 Å². The number of pyridine rings is 1. The van der Waals surface area contributed by atoms with Gasteiger partial charge in [0.05, 0.1) is 17.6 Å². The molecule has 2 heterocycles. The fraction of sp³-hybridized carbons (Fsp3) is 0.125. The number of aliphatic hydroxyl groups excluding tert-OH is 1. The molecule has 0 aliphatic carbocycles. The minimum atomic E-state index is 0.0436. The Hall–Kier alpha value is -1.35. The molecule has 0 spiro atoms. The van der Waals surface area contributed by atoms with Gasteiger partial charge in [0.1, 0.15) is 0 Å². The average molecular weight is 148 g/mol. The lowest BCUT2D eigenvalue weighted by atomic mass is 10.3. The fourth-order valence-electron chi connectivity index (χ4n) is 1.06. The van der Waals surface area contributed by atoms with Crippen LogP contribution in [0.15, 0.2) is 24.5 Å². The minimum Gasteiger partial charge on any atom is -0.392 e. The van der Waals surface area contributed by atoms with Crippen LogP contribution in [0.1, 0.15) is 5.56 Å². The SMILES string of the molecule is OCc1cnc2cc[nH]c2c1. The molecule has 0 fully saturated rings. The number of nitrogens with zero attached hydrogens (tertiary/aromatic N) is 1. The molecule has 11 heavy (non-hydrogen) atoms. The highest BCUT2D eigenvalue weighted by molar-refractivity contribution is 5.74. The van der Waals surface area contributed by atoms with Gasteiger partial charge in [0.2, 0.25) is 0 Å². The van der Waals surface area contributed by atoms with Crippen LogP contribution in [-0.2, 0) is 6.61 Å². The molecule has 2 aromatic rings. The number of aromatic amines is 1. The molecule has 0 bridgehead atoms. The van der Waals surface area contributed by atoms with Crippen LogP contribution in [0, 0.1) is 0 Å². The van der Waals surface area contributed by atoms with Crippen molar-refractivity contribution in [3.8, 4) is 0 Å². The lowest BCUT2D eigenvalue weighted by Gasteiger charge is -1.93. The third-order valence-electron chi connectivity index (χ3n) is 1.64. The van der Waals surface area contributed by atoms with E-state index in [1.165, 1.54) is 0 Å². The van der Waals surface area contributed by atoms with E-state index in [4.69, 9.17) is 5.11 Å². The van der Waals surface area contributed by atoms with Crippen LogP contribution in [-0.4, -0.2) is 15.1 Å². The van der Waals surface area contributed by atoms with Crippen molar-refractivity contribution in [2.45, 2.75) is 6.61 Å². The quantitative estimate of drug-likeness (QED) is 0.635. The number of hydrogen-bond donors (Lipinski definition) is 2. The van der Waals surface area contributed by atoms with Gasteiger partial charge >= 0.3 is 0 Å². The zero-order chi connectivity index (χ0) is 7.68. The van der Waals surface area contributed by atoms with E-state index >= 15 is 0 Å². The van der Waals surface area contributed by atoms with Gasteiger partial charge in [-0.25, -0.2) is 0 Å². The van der Waals surface area contributed by atoms with Crippen LogP contribution in [0.3, 0.4) is 0 Å². The first kappa shape index (κ1) is 6.37. The number of nitrogens with one attached hydrogen (secondary N) is 1. The topological polar surface area (TPSA) is 48.9 Å². The Labute approximate surface area is 63.7 Å². The highest BCUT2D eigenvalue weighted by Gasteiger charge is 1.95.